The Morgan fingerprint density at radius 2 is 2.10 bits per heavy atom. The summed E-state index contributed by atoms with van der Waals surface area (Å²) in [4.78, 5) is 0.0647. The molecule has 2 rings (SSSR count). The average Bonchev–Trinajstić information content (AvgIpc) is 2.80. The predicted octanol–water partition coefficient (Wildman–Crippen LogP) is 2.79. The Bertz CT molecular complexity index is 605. The summed E-state index contributed by atoms with van der Waals surface area (Å²) in [5.74, 6) is 0. The van der Waals surface area contributed by atoms with Crippen LogP contribution < -0.4 is 10.5 Å². The van der Waals surface area contributed by atoms with Crippen molar-refractivity contribution in [3.8, 4) is 0 Å². The Morgan fingerprint density at radius 1 is 1.40 bits per heavy atom. The molecular formula is C13H19ClN2O2S2. The molecule has 2 unspecified atom stereocenters. The second-order valence-corrected chi connectivity index (χ2v) is 8.36. The Hall–Kier alpha value is -0.430. The maximum Gasteiger partial charge on any atom is 0.242 e. The van der Waals surface area contributed by atoms with E-state index in [1.807, 2.05) is 0 Å². The second-order valence-electron chi connectivity index (χ2n) is 5.13. The van der Waals surface area contributed by atoms with Crippen LogP contribution >= 0.6 is 23.4 Å². The molecule has 1 aromatic rings. The molecule has 0 aliphatic heterocycles. The lowest BCUT2D eigenvalue weighted by Gasteiger charge is -2.15. The number of aryl methyl sites for hydroxylation is 1. The molecule has 1 aliphatic rings. The number of hydrogen-bond acceptors (Lipinski definition) is 4. The molecule has 112 valence electrons. The van der Waals surface area contributed by atoms with Crippen LogP contribution in [0.2, 0.25) is 5.02 Å². The lowest BCUT2D eigenvalue weighted by molar-refractivity contribution is 0.552. The highest BCUT2D eigenvalue weighted by molar-refractivity contribution is 7.99. The van der Waals surface area contributed by atoms with Gasteiger partial charge in [0, 0.05) is 17.0 Å². The predicted molar refractivity (Wildman–Crippen MR) is 85.9 cm³/mol. The van der Waals surface area contributed by atoms with Gasteiger partial charge in [-0.3, -0.25) is 0 Å². The molecule has 1 saturated carbocycles. The van der Waals surface area contributed by atoms with Gasteiger partial charge in [-0.05, 0) is 50.1 Å². The van der Waals surface area contributed by atoms with Crippen molar-refractivity contribution >= 4 is 39.1 Å². The zero-order valence-electron chi connectivity index (χ0n) is 11.5. The SMILES string of the molecule is CSC1CCC(NS(=O)(=O)c2cc(N)c(C)cc2Cl)C1. The van der Waals surface area contributed by atoms with Crippen LogP contribution in [0.25, 0.3) is 0 Å². The standard InChI is InChI=1S/C13H19ClN2O2S2/c1-8-5-11(14)13(7-12(8)15)20(17,18)16-9-3-4-10(6-9)19-2/h5,7,9-10,16H,3-4,6,15H2,1-2H3. The normalized spacial score (nSPS) is 23.1. The van der Waals surface area contributed by atoms with Gasteiger partial charge in [0.05, 0.1) is 5.02 Å². The van der Waals surface area contributed by atoms with Gasteiger partial charge in [-0.2, -0.15) is 11.8 Å². The van der Waals surface area contributed by atoms with Crippen molar-refractivity contribution in [3.05, 3.63) is 22.7 Å². The van der Waals surface area contributed by atoms with Gasteiger partial charge in [0.25, 0.3) is 0 Å². The molecule has 2 atom stereocenters. The number of anilines is 1. The minimum Gasteiger partial charge on any atom is -0.398 e. The van der Waals surface area contributed by atoms with Crippen molar-refractivity contribution in [2.24, 2.45) is 0 Å². The van der Waals surface area contributed by atoms with E-state index < -0.39 is 10.0 Å². The van der Waals surface area contributed by atoms with Crippen LogP contribution in [0.5, 0.6) is 0 Å². The van der Waals surface area contributed by atoms with Crippen molar-refractivity contribution in [2.75, 3.05) is 12.0 Å². The fraction of sp³-hybridized carbons (Fsp3) is 0.538. The third kappa shape index (κ3) is 3.42. The number of nitrogens with one attached hydrogen (secondary N) is 1. The molecule has 0 spiro atoms. The van der Waals surface area contributed by atoms with Crippen molar-refractivity contribution < 1.29 is 8.42 Å². The number of benzene rings is 1. The third-order valence-electron chi connectivity index (χ3n) is 3.65. The highest BCUT2D eigenvalue weighted by Crippen LogP contribution is 2.31. The lowest BCUT2D eigenvalue weighted by Crippen LogP contribution is -2.33. The first-order valence-electron chi connectivity index (χ1n) is 6.44. The average molecular weight is 335 g/mol. The summed E-state index contributed by atoms with van der Waals surface area (Å²) in [6.45, 7) is 1.80. The first-order chi connectivity index (χ1) is 9.33. The summed E-state index contributed by atoms with van der Waals surface area (Å²) in [6, 6.07) is 3.00. The molecule has 0 heterocycles. The minimum absolute atomic E-state index is 0.0176. The maximum atomic E-state index is 12.4. The number of halogens is 1. The van der Waals surface area contributed by atoms with Gasteiger partial charge < -0.3 is 5.73 Å². The molecule has 1 fully saturated rings. The highest BCUT2D eigenvalue weighted by Gasteiger charge is 2.29. The first-order valence-corrected chi connectivity index (χ1v) is 9.59. The van der Waals surface area contributed by atoms with Crippen LogP contribution in [-0.4, -0.2) is 26.0 Å². The van der Waals surface area contributed by atoms with Crippen molar-refractivity contribution in [1.82, 2.24) is 4.72 Å². The number of nitrogen functional groups attached to an aromatic ring is 1. The first kappa shape index (κ1) is 15.9. The Morgan fingerprint density at radius 3 is 2.70 bits per heavy atom. The van der Waals surface area contributed by atoms with E-state index in [0.717, 1.165) is 24.8 Å². The Kier molecular flexibility index (Phi) is 4.89. The minimum atomic E-state index is -3.62. The van der Waals surface area contributed by atoms with E-state index in [9.17, 15) is 8.42 Å². The van der Waals surface area contributed by atoms with Crippen molar-refractivity contribution in [1.29, 1.82) is 0 Å². The summed E-state index contributed by atoms with van der Waals surface area (Å²) in [5.41, 5.74) is 6.99. The highest BCUT2D eigenvalue weighted by atomic mass is 35.5. The van der Waals surface area contributed by atoms with E-state index in [0.29, 0.717) is 10.9 Å². The number of thioether (sulfide) groups is 1. The Labute approximate surface area is 129 Å². The molecule has 4 nitrogen and oxygen atoms in total. The zero-order chi connectivity index (χ0) is 14.9. The van der Waals surface area contributed by atoms with E-state index in [1.54, 1.807) is 24.8 Å². The molecule has 0 bridgehead atoms. The quantitative estimate of drug-likeness (QED) is 0.830. The van der Waals surface area contributed by atoms with Gasteiger partial charge in [-0.15, -0.1) is 0 Å². The number of nitrogens with two attached hydrogens (primary N) is 1. The molecule has 1 aromatic carbocycles. The van der Waals surface area contributed by atoms with Crippen LogP contribution in [0.4, 0.5) is 5.69 Å². The third-order valence-corrected chi connectivity index (χ3v) is 6.73. The molecule has 0 aromatic heterocycles. The summed E-state index contributed by atoms with van der Waals surface area (Å²) in [7, 11) is -3.62. The van der Waals surface area contributed by atoms with E-state index in [-0.39, 0.29) is 16.0 Å². The van der Waals surface area contributed by atoms with Gasteiger partial charge in [0.15, 0.2) is 0 Å². The summed E-state index contributed by atoms with van der Waals surface area (Å²) >= 11 is 7.83. The Balaban J connectivity index is 2.21. The van der Waals surface area contributed by atoms with Crippen LogP contribution in [-0.2, 0) is 10.0 Å². The van der Waals surface area contributed by atoms with Gasteiger partial charge in [0.1, 0.15) is 4.90 Å². The topological polar surface area (TPSA) is 72.2 Å². The molecule has 0 amide bonds. The molecule has 3 N–H and O–H groups in total. The van der Waals surface area contributed by atoms with Crippen molar-refractivity contribution in [3.63, 3.8) is 0 Å². The van der Waals surface area contributed by atoms with Gasteiger partial charge >= 0.3 is 0 Å². The van der Waals surface area contributed by atoms with E-state index in [2.05, 4.69) is 11.0 Å². The second kappa shape index (κ2) is 6.13. The zero-order valence-corrected chi connectivity index (χ0v) is 13.9. The van der Waals surface area contributed by atoms with Crippen LogP contribution in [0.1, 0.15) is 24.8 Å². The number of hydrogen-bond donors (Lipinski definition) is 2. The largest absolute Gasteiger partial charge is 0.398 e. The smallest absolute Gasteiger partial charge is 0.242 e. The van der Waals surface area contributed by atoms with Crippen LogP contribution in [0.3, 0.4) is 0 Å². The van der Waals surface area contributed by atoms with Crippen LogP contribution in [0.15, 0.2) is 17.0 Å². The molecule has 7 heteroatoms. The van der Waals surface area contributed by atoms with Gasteiger partial charge in [-0.1, -0.05) is 11.6 Å². The lowest BCUT2D eigenvalue weighted by atomic mass is 10.2. The molecule has 0 radical (unpaired) electrons. The summed E-state index contributed by atoms with van der Waals surface area (Å²) < 4.78 is 27.6. The molecule has 1 aliphatic carbocycles. The molecule has 20 heavy (non-hydrogen) atoms. The fourth-order valence-corrected chi connectivity index (χ4v) is 5.12. The summed E-state index contributed by atoms with van der Waals surface area (Å²) in [6.07, 6.45) is 4.82. The van der Waals surface area contributed by atoms with Gasteiger partial charge in [-0.25, -0.2) is 13.1 Å². The van der Waals surface area contributed by atoms with E-state index in [1.165, 1.54) is 6.07 Å². The van der Waals surface area contributed by atoms with E-state index in [4.69, 9.17) is 17.3 Å². The maximum absolute atomic E-state index is 12.4. The fourth-order valence-electron chi connectivity index (χ4n) is 2.42. The monoisotopic (exact) mass is 334 g/mol. The number of sulfonamides is 1. The van der Waals surface area contributed by atoms with Crippen LogP contribution in [0, 0.1) is 6.92 Å². The van der Waals surface area contributed by atoms with E-state index >= 15 is 0 Å². The number of rotatable bonds is 4. The molecule has 0 saturated heterocycles. The summed E-state index contributed by atoms with van der Waals surface area (Å²) in [5, 5.41) is 0.741. The van der Waals surface area contributed by atoms with Crippen molar-refractivity contribution in [2.45, 2.75) is 42.4 Å². The van der Waals surface area contributed by atoms with Gasteiger partial charge in [0.2, 0.25) is 10.0 Å². The molecular weight excluding hydrogens is 316 g/mol.